The number of nitrogens with zero attached hydrogens (tertiary/aromatic N) is 3. The van der Waals surface area contributed by atoms with Crippen molar-refractivity contribution in [2.75, 3.05) is 39.9 Å². The molecule has 0 radical (unpaired) electrons. The summed E-state index contributed by atoms with van der Waals surface area (Å²) in [6, 6.07) is 0. The van der Waals surface area contributed by atoms with Gasteiger partial charge in [0, 0.05) is 70.1 Å². The fourth-order valence-electron chi connectivity index (χ4n) is 4.04. The normalized spacial score (nSPS) is 23.4. The monoisotopic (exact) mass is 376 g/mol. The Bertz CT molecular complexity index is 803. The molecule has 7 nitrogen and oxygen atoms in total. The third-order valence-electron chi connectivity index (χ3n) is 5.42. The van der Waals surface area contributed by atoms with E-state index >= 15 is 0 Å². The first-order chi connectivity index (χ1) is 12.6. The molecule has 4 heterocycles. The first-order valence-electron chi connectivity index (χ1n) is 9.07. The Kier molecular flexibility index (Phi) is 4.92. The smallest absolute Gasteiger partial charge is 0.261 e. The predicted molar refractivity (Wildman–Crippen MR) is 99.6 cm³/mol. The van der Waals surface area contributed by atoms with Crippen molar-refractivity contribution in [2.45, 2.75) is 30.8 Å². The molecule has 140 valence electrons. The third-order valence-corrected chi connectivity index (χ3v) is 6.52. The number of amides is 1. The minimum atomic E-state index is -0.659. The molecule has 0 aromatic carbocycles. The Hall–Kier alpha value is -1.61. The number of likely N-dealkylation sites (tertiary alicyclic amines) is 1. The van der Waals surface area contributed by atoms with E-state index in [0.29, 0.717) is 37.5 Å². The van der Waals surface area contributed by atoms with Crippen molar-refractivity contribution in [1.82, 2.24) is 20.2 Å². The summed E-state index contributed by atoms with van der Waals surface area (Å²) >= 11 is 1.41. The van der Waals surface area contributed by atoms with Crippen LogP contribution in [0.3, 0.4) is 0 Å². The zero-order chi connectivity index (χ0) is 18.1. The van der Waals surface area contributed by atoms with Crippen molar-refractivity contribution < 1.29 is 14.6 Å². The van der Waals surface area contributed by atoms with E-state index in [1.165, 1.54) is 11.3 Å². The number of carbonyl (C=O) groups is 1. The lowest BCUT2D eigenvalue weighted by atomic mass is 9.93. The van der Waals surface area contributed by atoms with E-state index in [-0.39, 0.29) is 11.8 Å². The third kappa shape index (κ3) is 3.34. The second-order valence-electron chi connectivity index (χ2n) is 7.19. The molecule has 2 aromatic heterocycles. The molecule has 0 unspecified atom stereocenters. The largest absolute Gasteiger partial charge is 0.388 e. The second kappa shape index (κ2) is 7.19. The number of hydrogen-bond acceptors (Lipinski definition) is 7. The standard InChI is InChI=1S/C18H24N4O3S/c1-19-16(23)15-13(14-17(26-15)21-6-5-20-14)12-2-7-22(10-12)11-18(24)3-8-25-9-4-18/h5-6,12,24H,2-4,7-11H2,1H3,(H,19,23)/t12-/m0/s1. The second-order valence-corrected chi connectivity index (χ2v) is 8.19. The first kappa shape index (κ1) is 17.8. The first-order valence-corrected chi connectivity index (χ1v) is 9.89. The molecule has 2 aliphatic heterocycles. The van der Waals surface area contributed by atoms with Crippen LogP contribution in [0.25, 0.3) is 10.3 Å². The zero-order valence-electron chi connectivity index (χ0n) is 14.9. The van der Waals surface area contributed by atoms with Gasteiger partial charge in [0.2, 0.25) is 0 Å². The van der Waals surface area contributed by atoms with Crippen LogP contribution in [0.1, 0.15) is 40.4 Å². The Morgan fingerprint density at radius 1 is 1.42 bits per heavy atom. The van der Waals surface area contributed by atoms with E-state index in [9.17, 15) is 9.90 Å². The molecule has 8 heteroatoms. The van der Waals surface area contributed by atoms with E-state index in [2.05, 4.69) is 20.2 Å². The SMILES string of the molecule is CNC(=O)c1sc2nccnc2c1[C@H]1CCN(CC2(O)CCOCC2)C1. The Balaban J connectivity index is 1.57. The van der Waals surface area contributed by atoms with Crippen LogP contribution in [0, 0.1) is 0 Å². The summed E-state index contributed by atoms with van der Waals surface area (Å²) in [5.74, 6) is 0.155. The van der Waals surface area contributed by atoms with Crippen molar-refractivity contribution in [3.8, 4) is 0 Å². The Labute approximate surface area is 156 Å². The summed E-state index contributed by atoms with van der Waals surface area (Å²) < 4.78 is 5.38. The molecular formula is C18H24N4O3S. The molecule has 4 rings (SSSR count). The summed E-state index contributed by atoms with van der Waals surface area (Å²) in [5, 5.41) is 13.5. The van der Waals surface area contributed by atoms with Gasteiger partial charge in [0.15, 0.2) is 0 Å². The van der Waals surface area contributed by atoms with Crippen molar-refractivity contribution in [1.29, 1.82) is 0 Å². The summed E-state index contributed by atoms with van der Waals surface area (Å²) in [6.07, 6.45) is 5.68. The van der Waals surface area contributed by atoms with Gasteiger partial charge in [-0.2, -0.15) is 0 Å². The van der Waals surface area contributed by atoms with Crippen LogP contribution in [0.4, 0.5) is 0 Å². The van der Waals surface area contributed by atoms with Crippen molar-refractivity contribution in [3.05, 3.63) is 22.8 Å². The number of carbonyl (C=O) groups excluding carboxylic acids is 1. The molecule has 0 aliphatic carbocycles. The number of ether oxygens (including phenoxy) is 1. The molecule has 0 saturated carbocycles. The summed E-state index contributed by atoms with van der Waals surface area (Å²) in [7, 11) is 1.65. The van der Waals surface area contributed by atoms with Gasteiger partial charge in [0.1, 0.15) is 10.3 Å². The number of aromatic nitrogens is 2. The maximum atomic E-state index is 12.4. The number of rotatable bonds is 4. The lowest BCUT2D eigenvalue weighted by Gasteiger charge is -2.35. The van der Waals surface area contributed by atoms with E-state index in [1.54, 1.807) is 19.4 Å². The molecule has 0 spiro atoms. The highest BCUT2D eigenvalue weighted by Gasteiger charge is 2.37. The van der Waals surface area contributed by atoms with E-state index in [4.69, 9.17) is 4.74 Å². The molecule has 2 aromatic rings. The number of β-amino-alcohol motifs (C(OH)–C–C–N with tert-alkyl or cyclic N) is 1. The Morgan fingerprint density at radius 2 is 2.19 bits per heavy atom. The van der Waals surface area contributed by atoms with Crippen molar-refractivity contribution in [3.63, 3.8) is 0 Å². The minimum Gasteiger partial charge on any atom is -0.388 e. The zero-order valence-corrected chi connectivity index (χ0v) is 15.7. The van der Waals surface area contributed by atoms with Crippen molar-refractivity contribution in [2.24, 2.45) is 0 Å². The molecule has 2 N–H and O–H groups in total. The molecule has 0 bridgehead atoms. The molecule has 2 fully saturated rings. The van der Waals surface area contributed by atoms with Gasteiger partial charge in [-0.15, -0.1) is 11.3 Å². The maximum absolute atomic E-state index is 12.4. The fourth-order valence-corrected chi connectivity index (χ4v) is 5.18. The minimum absolute atomic E-state index is 0.0775. The number of aliphatic hydroxyl groups is 1. The summed E-state index contributed by atoms with van der Waals surface area (Å²) in [6.45, 7) is 3.66. The van der Waals surface area contributed by atoms with Crippen LogP contribution in [-0.4, -0.2) is 71.4 Å². The highest BCUT2D eigenvalue weighted by atomic mass is 32.1. The van der Waals surface area contributed by atoms with Gasteiger partial charge in [-0.25, -0.2) is 4.98 Å². The van der Waals surface area contributed by atoms with Crippen LogP contribution in [0.5, 0.6) is 0 Å². The molecular weight excluding hydrogens is 352 g/mol. The number of nitrogens with one attached hydrogen (secondary N) is 1. The van der Waals surface area contributed by atoms with Gasteiger partial charge >= 0.3 is 0 Å². The van der Waals surface area contributed by atoms with Crippen molar-refractivity contribution >= 4 is 27.6 Å². The van der Waals surface area contributed by atoms with E-state index in [0.717, 1.165) is 35.4 Å². The topological polar surface area (TPSA) is 87.6 Å². The fraction of sp³-hybridized carbons (Fsp3) is 0.611. The van der Waals surface area contributed by atoms with E-state index < -0.39 is 5.60 Å². The molecule has 26 heavy (non-hydrogen) atoms. The van der Waals surface area contributed by atoms with Crippen LogP contribution in [-0.2, 0) is 4.74 Å². The molecule has 2 aliphatic rings. The molecule has 1 amide bonds. The summed E-state index contributed by atoms with van der Waals surface area (Å²) in [4.78, 5) is 25.1. The van der Waals surface area contributed by atoms with Crippen LogP contribution < -0.4 is 5.32 Å². The highest BCUT2D eigenvalue weighted by Crippen LogP contribution is 2.39. The lowest BCUT2D eigenvalue weighted by molar-refractivity contribution is -0.0773. The Morgan fingerprint density at radius 3 is 2.96 bits per heavy atom. The van der Waals surface area contributed by atoms with Gasteiger partial charge in [-0.3, -0.25) is 14.7 Å². The van der Waals surface area contributed by atoms with Gasteiger partial charge in [0.05, 0.1) is 10.5 Å². The molecule has 2 saturated heterocycles. The van der Waals surface area contributed by atoms with Crippen LogP contribution >= 0.6 is 11.3 Å². The van der Waals surface area contributed by atoms with Gasteiger partial charge in [-0.05, 0) is 13.0 Å². The van der Waals surface area contributed by atoms with E-state index in [1.807, 2.05) is 0 Å². The van der Waals surface area contributed by atoms with Gasteiger partial charge in [0.25, 0.3) is 5.91 Å². The average Bonchev–Trinajstić information content (AvgIpc) is 3.25. The quantitative estimate of drug-likeness (QED) is 0.838. The number of thiophene rings is 1. The highest BCUT2D eigenvalue weighted by molar-refractivity contribution is 7.20. The van der Waals surface area contributed by atoms with Gasteiger partial charge < -0.3 is 15.2 Å². The number of fused-ring (bicyclic) bond motifs is 1. The molecule has 1 atom stereocenters. The number of hydrogen-bond donors (Lipinski definition) is 2. The van der Waals surface area contributed by atoms with Crippen LogP contribution in [0.2, 0.25) is 0 Å². The lowest BCUT2D eigenvalue weighted by Crippen LogP contribution is -2.46. The van der Waals surface area contributed by atoms with Gasteiger partial charge in [-0.1, -0.05) is 0 Å². The average molecular weight is 376 g/mol. The van der Waals surface area contributed by atoms with Crippen LogP contribution in [0.15, 0.2) is 12.4 Å². The summed E-state index contributed by atoms with van der Waals surface area (Å²) in [5.41, 5.74) is 1.19. The maximum Gasteiger partial charge on any atom is 0.261 e. The predicted octanol–water partition coefficient (Wildman–Crippen LogP) is 1.38.